The lowest BCUT2D eigenvalue weighted by Gasteiger charge is -2.14. The van der Waals surface area contributed by atoms with E-state index >= 15 is 0 Å². The quantitative estimate of drug-likeness (QED) is 0.361. The third kappa shape index (κ3) is 4.10. The summed E-state index contributed by atoms with van der Waals surface area (Å²) in [6, 6.07) is 15.3. The van der Waals surface area contributed by atoms with Gasteiger partial charge in [0.05, 0.1) is 33.8 Å². The van der Waals surface area contributed by atoms with Crippen LogP contribution >= 0.6 is 11.3 Å². The summed E-state index contributed by atoms with van der Waals surface area (Å²) in [6.07, 6.45) is 5.03. The summed E-state index contributed by atoms with van der Waals surface area (Å²) in [5.74, 6) is 1.12. The Kier molecular flexibility index (Phi) is 5.62. The summed E-state index contributed by atoms with van der Waals surface area (Å²) in [4.78, 5) is 13.1. The van der Waals surface area contributed by atoms with E-state index in [0.29, 0.717) is 23.6 Å². The van der Waals surface area contributed by atoms with Crippen molar-refractivity contribution in [3.8, 4) is 22.7 Å². The molecule has 0 unspecified atom stereocenters. The lowest BCUT2D eigenvalue weighted by atomic mass is 10.1. The van der Waals surface area contributed by atoms with Gasteiger partial charge in [-0.1, -0.05) is 30.3 Å². The smallest absolute Gasteiger partial charge is 0.165 e. The van der Waals surface area contributed by atoms with E-state index in [1.165, 1.54) is 23.1 Å². The lowest BCUT2D eigenvalue weighted by Crippen LogP contribution is -2.31. The Morgan fingerprint density at radius 2 is 1.94 bits per heavy atom. The molecule has 5 rings (SSSR count). The van der Waals surface area contributed by atoms with Crippen molar-refractivity contribution >= 4 is 27.4 Å². The Balaban J connectivity index is 1.51. The van der Waals surface area contributed by atoms with Gasteiger partial charge in [0.15, 0.2) is 11.6 Å². The van der Waals surface area contributed by atoms with Crippen molar-refractivity contribution in [1.82, 2.24) is 15.0 Å². The van der Waals surface area contributed by atoms with Gasteiger partial charge in [-0.15, -0.1) is 11.3 Å². The summed E-state index contributed by atoms with van der Waals surface area (Å²) in [6.45, 7) is 0.507. The molecule has 160 valence electrons. The predicted molar refractivity (Wildman–Crippen MR) is 125 cm³/mol. The van der Waals surface area contributed by atoms with Gasteiger partial charge in [0.2, 0.25) is 0 Å². The van der Waals surface area contributed by atoms with Crippen molar-refractivity contribution in [2.24, 2.45) is 5.73 Å². The molecule has 8 heteroatoms. The summed E-state index contributed by atoms with van der Waals surface area (Å²) in [7, 11) is 0. The molecule has 6 nitrogen and oxygen atoms in total. The SMILES string of the molecule is N[C@H](CNc1nc(-c2ccncc2F)nc2c(-c3ccco3)csc12)Cc1ccccc1. The van der Waals surface area contributed by atoms with E-state index in [1.807, 2.05) is 35.7 Å². The van der Waals surface area contributed by atoms with E-state index in [0.717, 1.165) is 22.9 Å². The third-order valence-corrected chi connectivity index (χ3v) is 6.06. The lowest BCUT2D eigenvalue weighted by molar-refractivity contribution is 0.583. The Morgan fingerprint density at radius 1 is 1.06 bits per heavy atom. The van der Waals surface area contributed by atoms with Gasteiger partial charge >= 0.3 is 0 Å². The zero-order valence-corrected chi connectivity index (χ0v) is 17.8. The molecule has 0 aliphatic carbocycles. The van der Waals surface area contributed by atoms with Crippen LogP contribution in [0, 0.1) is 5.82 Å². The first kappa shape index (κ1) is 20.3. The fraction of sp³-hybridized carbons (Fsp3) is 0.125. The van der Waals surface area contributed by atoms with Gasteiger partial charge in [-0.25, -0.2) is 14.4 Å². The van der Waals surface area contributed by atoms with Gasteiger partial charge < -0.3 is 15.5 Å². The Morgan fingerprint density at radius 3 is 2.72 bits per heavy atom. The highest BCUT2D eigenvalue weighted by Crippen LogP contribution is 2.37. The second-order valence-electron chi connectivity index (χ2n) is 7.39. The number of pyridine rings is 1. The molecule has 0 bridgehead atoms. The Bertz CT molecular complexity index is 1340. The molecule has 0 saturated carbocycles. The molecule has 1 atom stereocenters. The van der Waals surface area contributed by atoms with Gasteiger partial charge in [0.25, 0.3) is 0 Å². The summed E-state index contributed by atoms with van der Waals surface area (Å²) >= 11 is 1.51. The summed E-state index contributed by atoms with van der Waals surface area (Å²) < 4.78 is 20.9. The number of nitrogens with one attached hydrogen (secondary N) is 1. The van der Waals surface area contributed by atoms with E-state index in [2.05, 4.69) is 32.4 Å². The Labute approximate surface area is 188 Å². The third-order valence-electron chi connectivity index (χ3n) is 5.09. The van der Waals surface area contributed by atoms with E-state index in [4.69, 9.17) is 10.2 Å². The van der Waals surface area contributed by atoms with Crippen LogP contribution in [0.2, 0.25) is 0 Å². The number of furan rings is 1. The van der Waals surface area contributed by atoms with Crippen LogP contribution in [0.15, 0.2) is 77.0 Å². The highest BCUT2D eigenvalue weighted by molar-refractivity contribution is 7.18. The highest BCUT2D eigenvalue weighted by atomic mass is 32.1. The standard InChI is InChI=1S/C24H20FN5OS/c25-19-13-27-9-8-17(19)23-29-21-18(20-7-4-10-31-20)14-32-22(21)24(30-23)28-12-16(26)11-15-5-2-1-3-6-15/h1-10,13-14,16H,11-12,26H2,(H,28,29,30)/t16-/m0/s1. The molecule has 0 aliphatic rings. The zero-order valence-electron chi connectivity index (χ0n) is 17.0. The van der Waals surface area contributed by atoms with Crippen molar-refractivity contribution < 1.29 is 8.81 Å². The number of fused-ring (bicyclic) bond motifs is 1. The summed E-state index contributed by atoms with van der Waals surface area (Å²) in [5.41, 5.74) is 9.36. The second kappa shape index (κ2) is 8.86. The topological polar surface area (TPSA) is 89.9 Å². The molecule has 1 aromatic carbocycles. The van der Waals surface area contributed by atoms with Crippen LogP contribution in [0.5, 0.6) is 0 Å². The first-order valence-corrected chi connectivity index (χ1v) is 11.0. The average molecular weight is 446 g/mol. The predicted octanol–water partition coefficient (Wildman–Crippen LogP) is 5.13. The minimum atomic E-state index is -0.478. The molecule has 0 aliphatic heterocycles. The number of benzene rings is 1. The molecule has 0 fully saturated rings. The average Bonchev–Trinajstić information content (AvgIpc) is 3.48. The molecule has 0 amide bonds. The van der Waals surface area contributed by atoms with E-state index in [-0.39, 0.29) is 17.4 Å². The highest BCUT2D eigenvalue weighted by Gasteiger charge is 2.19. The second-order valence-corrected chi connectivity index (χ2v) is 8.27. The van der Waals surface area contributed by atoms with Gasteiger partial charge in [-0.3, -0.25) is 4.98 Å². The normalized spacial score (nSPS) is 12.2. The molecule has 32 heavy (non-hydrogen) atoms. The molecule has 0 spiro atoms. The van der Waals surface area contributed by atoms with Crippen LogP contribution in [0.3, 0.4) is 0 Å². The molecular formula is C24H20FN5OS. The first-order valence-electron chi connectivity index (χ1n) is 10.2. The number of anilines is 1. The fourth-order valence-electron chi connectivity index (χ4n) is 3.54. The van der Waals surface area contributed by atoms with Crippen LogP contribution in [0.4, 0.5) is 10.2 Å². The number of thiophene rings is 1. The van der Waals surface area contributed by atoms with Gasteiger partial charge in [0, 0.05) is 24.2 Å². The number of hydrogen-bond acceptors (Lipinski definition) is 7. The molecule has 0 radical (unpaired) electrons. The molecule has 4 heterocycles. The van der Waals surface area contributed by atoms with Crippen molar-refractivity contribution in [2.75, 3.05) is 11.9 Å². The van der Waals surface area contributed by atoms with Gasteiger partial charge in [-0.2, -0.15) is 0 Å². The van der Waals surface area contributed by atoms with Gasteiger partial charge in [-0.05, 0) is 30.2 Å². The molecule has 5 aromatic rings. The van der Waals surface area contributed by atoms with E-state index in [9.17, 15) is 4.39 Å². The number of rotatable bonds is 7. The van der Waals surface area contributed by atoms with Crippen molar-refractivity contribution in [3.05, 3.63) is 83.9 Å². The van der Waals surface area contributed by atoms with Crippen LogP contribution in [0.1, 0.15) is 5.56 Å². The number of nitrogens with zero attached hydrogens (tertiary/aromatic N) is 3. The number of nitrogens with two attached hydrogens (primary N) is 1. The Hall–Kier alpha value is -3.62. The molecule has 0 saturated heterocycles. The first-order chi connectivity index (χ1) is 15.7. The molecule has 3 N–H and O–H groups in total. The van der Waals surface area contributed by atoms with Crippen LogP contribution in [0.25, 0.3) is 32.9 Å². The monoisotopic (exact) mass is 445 g/mol. The maximum Gasteiger partial charge on any atom is 0.165 e. The van der Waals surface area contributed by atoms with Gasteiger partial charge in [0.1, 0.15) is 11.6 Å². The van der Waals surface area contributed by atoms with Crippen LogP contribution < -0.4 is 11.1 Å². The van der Waals surface area contributed by atoms with Crippen molar-refractivity contribution in [1.29, 1.82) is 0 Å². The van der Waals surface area contributed by atoms with Crippen molar-refractivity contribution in [2.45, 2.75) is 12.5 Å². The van der Waals surface area contributed by atoms with E-state index in [1.54, 1.807) is 12.3 Å². The van der Waals surface area contributed by atoms with Crippen LogP contribution in [-0.2, 0) is 6.42 Å². The number of hydrogen-bond donors (Lipinski definition) is 2. The number of halogens is 1. The molecule has 4 aromatic heterocycles. The minimum absolute atomic E-state index is 0.118. The molecular weight excluding hydrogens is 425 g/mol. The zero-order chi connectivity index (χ0) is 21.9. The summed E-state index contributed by atoms with van der Waals surface area (Å²) in [5, 5.41) is 5.33. The maximum absolute atomic E-state index is 14.5. The van der Waals surface area contributed by atoms with E-state index < -0.39 is 5.82 Å². The largest absolute Gasteiger partial charge is 0.464 e. The van der Waals surface area contributed by atoms with Crippen LogP contribution in [-0.4, -0.2) is 27.5 Å². The number of aromatic nitrogens is 3. The minimum Gasteiger partial charge on any atom is -0.464 e. The maximum atomic E-state index is 14.5. The van der Waals surface area contributed by atoms with Crippen molar-refractivity contribution in [3.63, 3.8) is 0 Å². The fourth-order valence-corrected chi connectivity index (χ4v) is 4.50.